The Labute approximate surface area is 217 Å². The van der Waals surface area contributed by atoms with Crippen LogP contribution in [-0.4, -0.2) is 51.9 Å². The summed E-state index contributed by atoms with van der Waals surface area (Å²) in [5.41, 5.74) is 5.02. The molecule has 8 heteroatoms. The van der Waals surface area contributed by atoms with Gasteiger partial charge in [-0.2, -0.15) is 18.3 Å². The van der Waals surface area contributed by atoms with Gasteiger partial charge >= 0.3 is 6.18 Å². The Morgan fingerprint density at radius 1 is 1.03 bits per heavy atom. The molecule has 0 amide bonds. The van der Waals surface area contributed by atoms with Gasteiger partial charge in [-0.3, -0.25) is 15.0 Å². The van der Waals surface area contributed by atoms with E-state index in [0.29, 0.717) is 17.5 Å². The third kappa shape index (κ3) is 5.22. The first-order valence-corrected chi connectivity index (χ1v) is 13.7. The predicted octanol–water partition coefficient (Wildman–Crippen LogP) is 7.04. The molecule has 200 valence electrons. The van der Waals surface area contributed by atoms with Crippen molar-refractivity contribution in [3.63, 3.8) is 0 Å². The lowest BCUT2D eigenvalue weighted by atomic mass is 9.72. The molecule has 37 heavy (non-hydrogen) atoms. The molecule has 1 N–H and O–H groups in total. The van der Waals surface area contributed by atoms with Gasteiger partial charge in [-0.05, 0) is 73.8 Å². The van der Waals surface area contributed by atoms with E-state index in [2.05, 4.69) is 35.0 Å². The van der Waals surface area contributed by atoms with Crippen LogP contribution in [0.2, 0.25) is 0 Å². The van der Waals surface area contributed by atoms with Gasteiger partial charge < -0.3 is 4.90 Å². The first-order chi connectivity index (χ1) is 17.7. The minimum Gasteiger partial charge on any atom is -0.370 e. The van der Waals surface area contributed by atoms with Crippen LogP contribution in [0.3, 0.4) is 0 Å². The van der Waals surface area contributed by atoms with Crippen LogP contribution >= 0.6 is 0 Å². The van der Waals surface area contributed by atoms with Crippen molar-refractivity contribution in [3.8, 4) is 0 Å². The molecular weight excluding hydrogens is 475 g/mol. The van der Waals surface area contributed by atoms with Crippen molar-refractivity contribution < 1.29 is 13.2 Å². The maximum Gasteiger partial charge on any atom is 0.401 e. The summed E-state index contributed by atoms with van der Waals surface area (Å²) in [5, 5.41) is 8.14. The van der Waals surface area contributed by atoms with Gasteiger partial charge in [0.05, 0.1) is 41.9 Å². The predicted molar refractivity (Wildman–Crippen MR) is 142 cm³/mol. The van der Waals surface area contributed by atoms with E-state index in [9.17, 15) is 13.2 Å². The zero-order chi connectivity index (χ0) is 26.2. The number of benzene rings is 1. The highest BCUT2D eigenvalue weighted by atomic mass is 19.4. The van der Waals surface area contributed by atoms with Gasteiger partial charge in [-0.25, -0.2) is 0 Å². The summed E-state index contributed by atoms with van der Waals surface area (Å²) in [5.74, 6) is 0. The topological polar surface area (TPSA) is 48.1 Å². The van der Waals surface area contributed by atoms with Gasteiger partial charge in [0.1, 0.15) is 0 Å². The van der Waals surface area contributed by atoms with Crippen LogP contribution < -0.4 is 4.90 Å². The molecule has 0 spiro atoms. The third-order valence-corrected chi connectivity index (χ3v) is 8.63. The Kier molecular flexibility index (Phi) is 7.22. The van der Waals surface area contributed by atoms with Gasteiger partial charge in [0.2, 0.25) is 0 Å². The summed E-state index contributed by atoms with van der Waals surface area (Å²) >= 11 is 0. The van der Waals surface area contributed by atoms with E-state index in [0.717, 1.165) is 40.8 Å². The Bertz CT molecular complexity index is 1190. The fourth-order valence-electron chi connectivity index (χ4n) is 6.88. The monoisotopic (exact) mass is 513 g/mol. The average Bonchev–Trinajstić information content (AvgIpc) is 3.34. The van der Waals surface area contributed by atoms with Crippen molar-refractivity contribution in [2.75, 3.05) is 24.5 Å². The Hall–Kier alpha value is -2.61. The highest BCUT2D eigenvalue weighted by molar-refractivity contribution is 5.83. The van der Waals surface area contributed by atoms with E-state index in [1.807, 2.05) is 31.3 Å². The van der Waals surface area contributed by atoms with Gasteiger partial charge in [-0.15, -0.1) is 0 Å². The van der Waals surface area contributed by atoms with Crippen LogP contribution in [0, 0.1) is 5.41 Å². The van der Waals surface area contributed by atoms with Crippen molar-refractivity contribution in [1.29, 1.82) is 0 Å². The zero-order valence-corrected chi connectivity index (χ0v) is 22.1. The third-order valence-electron chi connectivity index (χ3n) is 8.63. The molecule has 0 bridgehead atoms. The summed E-state index contributed by atoms with van der Waals surface area (Å²) < 4.78 is 41.0. The summed E-state index contributed by atoms with van der Waals surface area (Å²) in [6.07, 6.45) is 7.27. The van der Waals surface area contributed by atoms with E-state index in [-0.39, 0.29) is 6.04 Å². The molecule has 2 atom stereocenters. The summed E-state index contributed by atoms with van der Waals surface area (Å²) in [6, 6.07) is 7.00. The number of pyridine rings is 1. The lowest BCUT2D eigenvalue weighted by molar-refractivity contribution is -0.155. The first kappa shape index (κ1) is 26.0. The lowest BCUT2D eigenvalue weighted by Crippen LogP contribution is -2.47. The number of alkyl halides is 3. The molecule has 1 aromatic carbocycles. The molecule has 0 radical (unpaired) electrons. The number of nitrogens with zero attached hydrogens (tertiary/aromatic N) is 4. The summed E-state index contributed by atoms with van der Waals surface area (Å²) in [6.45, 7) is 7.47. The number of anilines is 1. The van der Waals surface area contributed by atoms with Crippen molar-refractivity contribution in [1.82, 2.24) is 20.1 Å². The Morgan fingerprint density at radius 2 is 1.76 bits per heavy atom. The van der Waals surface area contributed by atoms with Gasteiger partial charge in [0.25, 0.3) is 0 Å². The molecule has 2 aromatic heterocycles. The van der Waals surface area contributed by atoms with Crippen LogP contribution in [0.1, 0.15) is 82.2 Å². The molecule has 4 heterocycles. The summed E-state index contributed by atoms with van der Waals surface area (Å²) in [4.78, 5) is 8.74. The van der Waals surface area contributed by atoms with E-state index >= 15 is 0 Å². The Morgan fingerprint density at radius 3 is 2.38 bits per heavy atom. The number of H-pyrrole nitrogens is 1. The number of hydrogen-bond acceptors (Lipinski definition) is 4. The number of piperidine rings is 1. The van der Waals surface area contributed by atoms with Crippen LogP contribution in [0.4, 0.5) is 18.9 Å². The molecule has 1 unspecified atom stereocenters. The molecule has 2 aliphatic rings. The van der Waals surface area contributed by atoms with Crippen molar-refractivity contribution in [2.45, 2.75) is 84.0 Å². The van der Waals surface area contributed by atoms with Crippen LogP contribution in [-0.2, 0) is 6.42 Å². The normalized spacial score (nSPS) is 22.4. The number of halogens is 3. The molecular formula is C29H38F3N5. The number of aromatic amines is 1. The molecule has 1 saturated heterocycles. The van der Waals surface area contributed by atoms with Gasteiger partial charge in [-0.1, -0.05) is 32.8 Å². The van der Waals surface area contributed by atoms with Crippen molar-refractivity contribution in [2.24, 2.45) is 5.41 Å². The smallest absolute Gasteiger partial charge is 0.370 e. The van der Waals surface area contributed by atoms with Crippen molar-refractivity contribution in [3.05, 3.63) is 53.5 Å². The minimum absolute atomic E-state index is 0.284. The fraction of sp³-hybridized carbons (Fsp3) is 0.586. The molecule has 5 nitrogen and oxygen atoms in total. The SMILES string of the molecule is CCCC1(CCC)CCN(c2ccc(C3c4ccc5[nH]ncc5c4C[C@@H](C)N3CC(F)(F)F)nc2)CC1. The zero-order valence-electron chi connectivity index (χ0n) is 22.1. The quantitative estimate of drug-likeness (QED) is 0.368. The van der Waals surface area contributed by atoms with Crippen LogP contribution in [0.25, 0.3) is 10.9 Å². The average molecular weight is 514 g/mol. The molecule has 2 aliphatic heterocycles. The van der Waals surface area contributed by atoms with Crippen molar-refractivity contribution >= 4 is 16.6 Å². The highest BCUT2D eigenvalue weighted by Crippen LogP contribution is 2.43. The second-order valence-electron chi connectivity index (χ2n) is 11.1. The van der Waals surface area contributed by atoms with E-state index in [4.69, 9.17) is 4.98 Å². The molecule has 0 saturated carbocycles. The molecule has 0 aliphatic carbocycles. The number of rotatable bonds is 7. The lowest BCUT2D eigenvalue weighted by Gasteiger charge is -2.43. The van der Waals surface area contributed by atoms with Gasteiger partial charge in [0.15, 0.2) is 0 Å². The number of fused-ring (bicyclic) bond motifs is 3. The van der Waals surface area contributed by atoms with E-state index < -0.39 is 18.8 Å². The fourth-order valence-corrected chi connectivity index (χ4v) is 6.88. The van der Waals surface area contributed by atoms with Crippen LogP contribution in [0.5, 0.6) is 0 Å². The molecule has 1 fully saturated rings. The highest BCUT2D eigenvalue weighted by Gasteiger charge is 2.41. The van der Waals surface area contributed by atoms with Gasteiger partial charge in [0, 0.05) is 24.5 Å². The standard InChI is InChI=1S/C29H38F3N5/c1-4-10-28(11-5-2)12-14-36(15-13-28)21-6-8-26(33-17-21)27-22-7-9-25-24(18-34-35-25)23(22)16-20(3)37(27)19-29(30,31)32/h6-9,17-18,20,27H,4-5,10-16,19H2,1-3H3,(H,34,35)/t20-,27?/m1/s1. The maximum absolute atomic E-state index is 13.7. The number of hydrogen-bond donors (Lipinski definition) is 1. The Balaban J connectivity index is 1.44. The first-order valence-electron chi connectivity index (χ1n) is 13.7. The number of aromatic nitrogens is 3. The summed E-state index contributed by atoms with van der Waals surface area (Å²) in [7, 11) is 0. The minimum atomic E-state index is -4.29. The van der Waals surface area contributed by atoms with Crippen LogP contribution in [0.15, 0.2) is 36.7 Å². The second kappa shape index (κ2) is 10.3. The largest absolute Gasteiger partial charge is 0.401 e. The van der Waals surface area contributed by atoms with E-state index in [1.165, 1.54) is 38.5 Å². The number of nitrogens with one attached hydrogen (secondary N) is 1. The molecule has 3 aromatic rings. The maximum atomic E-state index is 13.7. The molecule has 5 rings (SSSR count). The van der Waals surface area contributed by atoms with E-state index in [1.54, 1.807) is 11.1 Å². The second-order valence-corrected chi connectivity index (χ2v) is 11.1.